The molecule has 1 unspecified atom stereocenters. The van der Waals surface area contributed by atoms with E-state index < -0.39 is 11.2 Å². The number of aromatic nitrogens is 1. The molecular weight excluding hydrogens is 424 g/mol. The number of thiazole rings is 1. The van der Waals surface area contributed by atoms with Crippen LogP contribution in [0.4, 0.5) is 10.8 Å². The number of nitrogens with one attached hydrogen (secondary N) is 1. The molecule has 1 saturated heterocycles. The number of ether oxygens (including phenoxy) is 1. The number of hydrogen-bond acceptors (Lipinski definition) is 8. The van der Waals surface area contributed by atoms with Gasteiger partial charge >= 0.3 is 5.97 Å². The fraction of sp³-hybridized carbons (Fsp3) is 0.250. The van der Waals surface area contributed by atoms with E-state index in [9.17, 15) is 14.4 Å². The fourth-order valence-electron chi connectivity index (χ4n) is 2.66. The second-order valence-electron chi connectivity index (χ2n) is 6.10. The molecule has 1 aromatic carbocycles. The third-order valence-corrected chi connectivity index (χ3v) is 5.83. The topological polar surface area (TPSA) is 101 Å². The molecule has 2 amide bonds. The normalized spacial score (nSPS) is 17.2. The van der Waals surface area contributed by atoms with E-state index in [2.05, 4.69) is 21.9 Å². The number of amidine groups is 1. The minimum absolute atomic E-state index is 0.00629. The van der Waals surface area contributed by atoms with Crippen LogP contribution in [-0.2, 0) is 14.3 Å². The van der Waals surface area contributed by atoms with E-state index in [1.54, 1.807) is 48.8 Å². The van der Waals surface area contributed by atoms with Gasteiger partial charge in [0.1, 0.15) is 5.25 Å². The van der Waals surface area contributed by atoms with E-state index in [-0.39, 0.29) is 18.2 Å². The van der Waals surface area contributed by atoms with Gasteiger partial charge in [-0.3, -0.25) is 14.5 Å². The number of esters is 1. The smallest absolute Gasteiger partial charge is 0.338 e. The zero-order valence-corrected chi connectivity index (χ0v) is 17.9. The predicted octanol–water partition coefficient (Wildman–Crippen LogP) is 3.47. The molecule has 30 heavy (non-hydrogen) atoms. The Kier molecular flexibility index (Phi) is 7.36. The van der Waals surface area contributed by atoms with Crippen molar-refractivity contribution >= 4 is 56.9 Å². The van der Waals surface area contributed by atoms with Crippen molar-refractivity contribution < 1.29 is 19.1 Å². The van der Waals surface area contributed by atoms with Crippen LogP contribution in [0.25, 0.3) is 0 Å². The summed E-state index contributed by atoms with van der Waals surface area (Å²) in [4.78, 5) is 46.9. The largest absolute Gasteiger partial charge is 0.462 e. The number of benzene rings is 1. The van der Waals surface area contributed by atoms with Crippen molar-refractivity contribution in [3.8, 4) is 0 Å². The molecular formula is C20H20N4O4S2. The summed E-state index contributed by atoms with van der Waals surface area (Å²) < 4.78 is 4.93. The minimum Gasteiger partial charge on any atom is -0.462 e. The highest BCUT2D eigenvalue weighted by molar-refractivity contribution is 8.15. The van der Waals surface area contributed by atoms with Crippen LogP contribution < -0.4 is 5.32 Å². The van der Waals surface area contributed by atoms with Gasteiger partial charge in [-0.1, -0.05) is 17.8 Å². The summed E-state index contributed by atoms with van der Waals surface area (Å²) in [7, 11) is 0. The van der Waals surface area contributed by atoms with Gasteiger partial charge in [0.05, 0.1) is 12.2 Å². The molecule has 1 aliphatic heterocycles. The minimum atomic E-state index is -0.581. The number of carbonyl (C=O) groups excluding carboxylic acids is 3. The molecule has 0 spiro atoms. The first kappa shape index (κ1) is 21.7. The average molecular weight is 445 g/mol. The number of rotatable bonds is 8. The lowest BCUT2D eigenvalue weighted by Crippen LogP contribution is -2.33. The Labute approximate surface area is 182 Å². The first-order valence-corrected chi connectivity index (χ1v) is 10.9. The number of anilines is 1. The first-order valence-electron chi connectivity index (χ1n) is 9.16. The van der Waals surface area contributed by atoms with Crippen LogP contribution in [0.3, 0.4) is 0 Å². The molecule has 156 valence electrons. The summed E-state index contributed by atoms with van der Waals surface area (Å²) in [6, 6.07) is 6.39. The van der Waals surface area contributed by atoms with Crippen LogP contribution >= 0.6 is 23.1 Å². The van der Waals surface area contributed by atoms with Crippen molar-refractivity contribution in [3.63, 3.8) is 0 Å². The van der Waals surface area contributed by atoms with Gasteiger partial charge in [0, 0.05) is 30.2 Å². The summed E-state index contributed by atoms with van der Waals surface area (Å²) in [5.74, 6) is -0.917. The summed E-state index contributed by atoms with van der Waals surface area (Å²) in [6.07, 6.45) is 3.25. The molecule has 1 aromatic heterocycles. The van der Waals surface area contributed by atoms with E-state index in [1.807, 2.05) is 0 Å². The second-order valence-corrected chi connectivity index (χ2v) is 8.15. The number of carbonyl (C=O) groups is 3. The standard InChI is InChI=1S/C20H20N4O4S2/c1-3-10-24-17(26)15(30-20(24)23-19-21-9-11-29-19)12-16(25)22-14-7-5-13(6-8-14)18(27)28-4-2/h3,5-9,11,15H,1,4,10,12H2,2H3,(H,22,25). The highest BCUT2D eigenvalue weighted by atomic mass is 32.2. The van der Waals surface area contributed by atoms with Gasteiger partial charge in [-0.2, -0.15) is 4.99 Å². The predicted molar refractivity (Wildman–Crippen MR) is 118 cm³/mol. The number of amides is 2. The van der Waals surface area contributed by atoms with E-state index in [4.69, 9.17) is 4.74 Å². The molecule has 1 fully saturated rings. The van der Waals surface area contributed by atoms with Crippen LogP contribution in [0, 0.1) is 0 Å². The van der Waals surface area contributed by atoms with Crippen LogP contribution in [-0.4, -0.2) is 51.2 Å². The van der Waals surface area contributed by atoms with Crippen molar-refractivity contribution in [2.75, 3.05) is 18.5 Å². The van der Waals surface area contributed by atoms with E-state index in [0.717, 1.165) is 0 Å². The molecule has 0 aliphatic carbocycles. The van der Waals surface area contributed by atoms with Crippen molar-refractivity contribution in [2.24, 2.45) is 4.99 Å². The molecule has 2 heterocycles. The fourth-order valence-corrected chi connectivity index (χ4v) is 4.37. The lowest BCUT2D eigenvalue weighted by Gasteiger charge is -2.13. The van der Waals surface area contributed by atoms with Gasteiger partial charge in [-0.05, 0) is 31.2 Å². The lowest BCUT2D eigenvalue weighted by atomic mass is 10.2. The van der Waals surface area contributed by atoms with Crippen molar-refractivity contribution in [1.82, 2.24) is 9.88 Å². The highest BCUT2D eigenvalue weighted by Crippen LogP contribution is 2.32. The zero-order valence-electron chi connectivity index (χ0n) is 16.2. The molecule has 0 saturated carbocycles. The summed E-state index contributed by atoms with van der Waals surface area (Å²) in [6.45, 7) is 6.02. The number of hydrogen-bond donors (Lipinski definition) is 1. The summed E-state index contributed by atoms with van der Waals surface area (Å²) >= 11 is 2.61. The second kappa shape index (κ2) is 10.2. The number of aliphatic imine (C=N–C) groups is 1. The lowest BCUT2D eigenvalue weighted by molar-refractivity contribution is -0.127. The average Bonchev–Trinajstić information content (AvgIpc) is 3.33. The molecule has 0 bridgehead atoms. The summed E-state index contributed by atoms with van der Waals surface area (Å²) in [5, 5.41) is 5.02. The third-order valence-electron chi connectivity index (χ3n) is 3.99. The number of nitrogens with zero attached hydrogens (tertiary/aromatic N) is 3. The molecule has 2 aromatic rings. The zero-order chi connectivity index (χ0) is 21.5. The summed E-state index contributed by atoms with van der Waals surface area (Å²) in [5.41, 5.74) is 0.933. The molecule has 1 atom stereocenters. The van der Waals surface area contributed by atoms with Crippen LogP contribution in [0.1, 0.15) is 23.7 Å². The molecule has 1 aliphatic rings. The van der Waals surface area contributed by atoms with E-state index in [1.165, 1.54) is 28.0 Å². The van der Waals surface area contributed by atoms with Gasteiger partial charge in [-0.25, -0.2) is 9.78 Å². The Bertz CT molecular complexity index is 958. The van der Waals surface area contributed by atoms with Gasteiger partial charge in [0.15, 0.2) is 5.17 Å². The van der Waals surface area contributed by atoms with Crippen molar-refractivity contribution in [1.29, 1.82) is 0 Å². The first-order chi connectivity index (χ1) is 14.5. The number of thioether (sulfide) groups is 1. The quantitative estimate of drug-likeness (QED) is 0.494. The van der Waals surface area contributed by atoms with Crippen LogP contribution in [0.15, 0.2) is 53.5 Å². The van der Waals surface area contributed by atoms with Gasteiger partial charge in [-0.15, -0.1) is 17.9 Å². The van der Waals surface area contributed by atoms with Crippen molar-refractivity contribution in [2.45, 2.75) is 18.6 Å². The third kappa shape index (κ3) is 5.33. The Balaban J connectivity index is 1.64. The molecule has 3 rings (SSSR count). The van der Waals surface area contributed by atoms with E-state index >= 15 is 0 Å². The Morgan fingerprint density at radius 1 is 1.37 bits per heavy atom. The van der Waals surface area contributed by atoms with Crippen LogP contribution in [0.5, 0.6) is 0 Å². The van der Waals surface area contributed by atoms with Gasteiger partial charge in [0.2, 0.25) is 16.9 Å². The molecule has 0 radical (unpaired) electrons. The molecule has 10 heteroatoms. The monoisotopic (exact) mass is 444 g/mol. The maximum Gasteiger partial charge on any atom is 0.338 e. The SMILES string of the molecule is C=CCN1C(=O)C(CC(=O)Nc2ccc(C(=O)OCC)cc2)SC1=Nc1nccs1. The highest BCUT2D eigenvalue weighted by Gasteiger charge is 2.38. The van der Waals surface area contributed by atoms with Gasteiger partial charge in [0.25, 0.3) is 0 Å². The van der Waals surface area contributed by atoms with E-state index in [0.29, 0.717) is 34.7 Å². The maximum absolute atomic E-state index is 12.7. The maximum atomic E-state index is 12.7. The van der Waals surface area contributed by atoms with Crippen molar-refractivity contribution in [3.05, 3.63) is 54.1 Å². The molecule has 8 nitrogen and oxygen atoms in total. The Hall–Kier alpha value is -2.98. The molecule has 1 N–H and O–H groups in total. The van der Waals surface area contributed by atoms with Crippen LogP contribution in [0.2, 0.25) is 0 Å². The Morgan fingerprint density at radius 2 is 2.13 bits per heavy atom. The van der Waals surface area contributed by atoms with Gasteiger partial charge < -0.3 is 10.1 Å². The Morgan fingerprint density at radius 3 is 2.77 bits per heavy atom.